The molecular formula is C23H20N4O4S. The maximum absolute atomic E-state index is 13.3. The van der Waals surface area contributed by atoms with Crippen molar-refractivity contribution in [3.8, 4) is 11.3 Å². The number of nitro groups is 1. The molecule has 0 N–H and O–H groups in total. The fourth-order valence-corrected chi connectivity index (χ4v) is 4.38. The van der Waals surface area contributed by atoms with Gasteiger partial charge in [-0.3, -0.25) is 24.6 Å². The van der Waals surface area contributed by atoms with Crippen LogP contribution in [0.25, 0.3) is 11.3 Å². The Morgan fingerprint density at radius 3 is 2.72 bits per heavy atom. The van der Waals surface area contributed by atoms with Gasteiger partial charge in [0, 0.05) is 53.8 Å². The van der Waals surface area contributed by atoms with E-state index < -0.39 is 4.92 Å². The van der Waals surface area contributed by atoms with Crippen LogP contribution in [0.1, 0.15) is 23.2 Å². The molecule has 0 unspecified atom stereocenters. The van der Waals surface area contributed by atoms with Crippen LogP contribution in [0.2, 0.25) is 0 Å². The number of carbonyl (C=O) groups excluding carboxylic acids is 2. The highest BCUT2D eigenvalue weighted by Gasteiger charge is 2.24. The number of benzene rings is 2. The lowest BCUT2D eigenvalue weighted by molar-refractivity contribution is -0.384. The second kappa shape index (κ2) is 9.11. The molecular weight excluding hydrogens is 428 g/mol. The predicted molar refractivity (Wildman–Crippen MR) is 124 cm³/mol. The molecule has 1 aliphatic rings. The topological polar surface area (TPSA) is 96.7 Å². The fourth-order valence-electron chi connectivity index (χ4n) is 3.54. The summed E-state index contributed by atoms with van der Waals surface area (Å²) in [6.45, 7) is 4.66. The first kappa shape index (κ1) is 21.4. The van der Waals surface area contributed by atoms with E-state index in [1.807, 2.05) is 6.07 Å². The number of rotatable bonds is 7. The van der Waals surface area contributed by atoms with Crippen molar-refractivity contribution in [2.75, 3.05) is 22.9 Å². The maximum atomic E-state index is 13.3. The summed E-state index contributed by atoms with van der Waals surface area (Å²) in [6, 6.07) is 13.1. The second-order valence-electron chi connectivity index (χ2n) is 7.22. The smallest absolute Gasteiger partial charge is 0.269 e. The summed E-state index contributed by atoms with van der Waals surface area (Å²) >= 11 is 1.30. The third-order valence-electron chi connectivity index (χ3n) is 5.13. The third kappa shape index (κ3) is 4.28. The number of non-ortho nitro benzene ring substituents is 1. The molecule has 2 amide bonds. The molecule has 3 aromatic rings. The Morgan fingerprint density at radius 2 is 2.06 bits per heavy atom. The monoisotopic (exact) mass is 448 g/mol. The molecule has 1 fully saturated rings. The van der Waals surface area contributed by atoms with Gasteiger partial charge in [-0.25, -0.2) is 4.98 Å². The van der Waals surface area contributed by atoms with E-state index in [1.54, 1.807) is 46.7 Å². The van der Waals surface area contributed by atoms with E-state index in [2.05, 4.69) is 11.6 Å². The van der Waals surface area contributed by atoms with E-state index in [0.29, 0.717) is 35.0 Å². The van der Waals surface area contributed by atoms with Gasteiger partial charge in [-0.05, 0) is 36.8 Å². The Bertz CT molecular complexity index is 1190. The lowest BCUT2D eigenvalue weighted by Gasteiger charge is -2.20. The highest BCUT2D eigenvalue weighted by atomic mass is 32.1. The molecule has 1 saturated heterocycles. The Labute approximate surface area is 188 Å². The van der Waals surface area contributed by atoms with Gasteiger partial charge in [0.25, 0.3) is 11.6 Å². The van der Waals surface area contributed by atoms with Gasteiger partial charge >= 0.3 is 0 Å². The van der Waals surface area contributed by atoms with Crippen LogP contribution in [0.5, 0.6) is 0 Å². The quantitative estimate of drug-likeness (QED) is 0.297. The predicted octanol–water partition coefficient (Wildman–Crippen LogP) is 4.68. The summed E-state index contributed by atoms with van der Waals surface area (Å²) in [5, 5.41) is 13.2. The minimum absolute atomic E-state index is 0.00373. The first-order valence-electron chi connectivity index (χ1n) is 10.0. The van der Waals surface area contributed by atoms with Gasteiger partial charge in [-0.1, -0.05) is 12.1 Å². The molecule has 0 atom stereocenters. The summed E-state index contributed by atoms with van der Waals surface area (Å²) in [7, 11) is 0. The summed E-state index contributed by atoms with van der Waals surface area (Å²) in [5.74, 6) is -0.187. The number of hydrogen-bond donors (Lipinski definition) is 0. The van der Waals surface area contributed by atoms with Crippen molar-refractivity contribution in [2.45, 2.75) is 12.8 Å². The molecule has 8 nitrogen and oxygen atoms in total. The molecule has 1 aliphatic heterocycles. The van der Waals surface area contributed by atoms with Gasteiger partial charge in [0.2, 0.25) is 5.91 Å². The van der Waals surface area contributed by atoms with Crippen LogP contribution in [0, 0.1) is 10.1 Å². The van der Waals surface area contributed by atoms with Gasteiger partial charge < -0.3 is 4.90 Å². The number of anilines is 2. The van der Waals surface area contributed by atoms with Crippen LogP contribution in [0.4, 0.5) is 16.5 Å². The average molecular weight is 449 g/mol. The van der Waals surface area contributed by atoms with Crippen molar-refractivity contribution in [3.63, 3.8) is 0 Å². The first-order chi connectivity index (χ1) is 15.5. The van der Waals surface area contributed by atoms with Crippen LogP contribution < -0.4 is 9.80 Å². The number of hydrogen-bond acceptors (Lipinski definition) is 6. The van der Waals surface area contributed by atoms with E-state index in [1.165, 1.54) is 28.4 Å². The first-order valence-corrected chi connectivity index (χ1v) is 10.9. The van der Waals surface area contributed by atoms with Crippen LogP contribution in [0.3, 0.4) is 0 Å². The van der Waals surface area contributed by atoms with Gasteiger partial charge in [-0.15, -0.1) is 17.9 Å². The van der Waals surface area contributed by atoms with Crippen LogP contribution in [-0.2, 0) is 4.79 Å². The minimum Gasteiger partial charge on any atom is -0.312 e. The van der Waals surface area contributed by atoms with Crippen molar-refractivity contribution in [3.05, 3.63) is 82.2 Å². The lowest BCUT2D eigenvalue weighted by atomic mass is 10.1. The lowest BCUT2D eigenvalue weighted by Crippen LogP contribution is -2.31. The molecule has 0 spiro atoms. The SMILES string of the molecule is C=CCN(C(=O)c1cccc(N2CCCC2=O)c1)c1nc(-c2ccc([N+](=O)[O-])cc2)cs1. The molecule has 4 rings (SSSR count). The third-order valence-corrected chi connectivity index (χ3v) is 6.00. The van der Waals surface area contributed by atoms with Crippen molar-refractivity contribution in [2.24, 2.45) is 0 Å². The highest BCUT2D eigenvalue weighted by molar-refractivity contribution is 7.14. The zero-order chi connectivity index (χ0) is 22.7. The second-order valence-corrected chi connectivity index (χ2v) is 8.06. The van der Waals surface area contributed by atoms with Crippen LogP contribution >= 0.6 is 11.3 Å². The molecule has 162 valence electrons. The fraction of sp³-hybridized carbons (Fsp3) is 0.174. The standard InChI is InChI=1S/C23H20N4O4S/c1-2-12-26(22(29)17-5-3-6-19(14-17)25-13-4-7-21(25)28)23-24-20(15-32-23)16-8-10-18(11-9-16)27(30)31/h2-3,5-6,8-11,14-15H,1,4,7,12-13H2. The number of thiazole rings is 1. The summed E-state index contributed by atoms with van der Waals surface area (Å²) < 4.78 is 0. The van der Waals surface area contributed by atoms with Crippen LogP contribution in [-0.4, -0.2) is 34.8 Å². The van der Waals surface area contributed by atoms with E-state index in [9.17, 15) is 19.7 Å². The van der Waals surface area contributed by atoms with Gasteiger partial charge in [-0.2, -0.15) is 0 Å². The van der Waals surface area contributed by atoms with Gasteiger partial charge in [0.1, 0.15) is 0 Å². The Kier molecular flexibility index (Phi) is 6.09. The molecule has 32 heavy (non-hydrogen) atoms. The van der Waals surface area contributed by atoms with Crippen LogP contribution in [0.15, 0.2) is 66.6 Å². The van der Waals surface area contributed by atoms with E-state index >= 15 is 0 Å². The Hall–Kier alpha value is -3.85. The number of nitrogens with zero attached hydrogens (tertiary/aromatic N) is 4. The minimum atomic E-state index is -0.454. The molecule has 0 bridgehead atoms. The summed E-state index contributed by atoms with van der Waals surface area (Å²) in [5.41, 5.74) is 2.51. The van der Waals surface area contributed by atoms with E-state index in [4.69, 9.17) is 0 Å². The Morgan fingerprint density at radius 1 is 1.28 bits per heavy atom. The zero-order valence-corrected chi connectivity index (χ0v) is 18.0. The van der Waals surface area contributed by atoms with E-state index in [-0.39, 0.29) is 24.0 Å². The summed E-state index contributed by atoms with van der Waals surface area (Å²) in [4.78, 5) is 43.6. The number of amides is 2. The maximum Gasteiger partial charge on any atom is 0.269 e. The highest BCUT2D eigenvalue weighted by Crippen LogP contribution is 2.30. The summed E-state index contributed by atoms with van der Waals surface area (Å²) in [6.07, 6.45) is 2.95. The molecule has 2 heterocycles. The molecule has 0 saturated carbocycles. The van der Waals surface area contributed by atoms with Crippen molar-refractivity contribution in [1.29, 1.82) is 0 Å². The van der Waals surface area contributed by atoms with Crippen molar-refractivity contribution in [1.82, 2.24) is 4.98 Å². The number of aromatic nitrogens is 1. The molecule has 1 aromatic heterocycles. The normalized spacial score (nSPS) is 13.2. The largest absolute Gasteiger partial charge is 0.312 e. The average Bonchev–Trinajstić information content (AvgIpc) is 3.46. The van der Waals surface area contributed by atoms with E-state index in [0.717, 1.165) is 12.0 Å². The number of nitro benzene ring substituents is 1. The molecule has 0 radical (unpaired) electrons. The molecule has 0 aliphatic carbocycles. The number of carbonyl (C=O) groups is 2. The van der Waals surface area contributed by atoms with Crippen molar-refractivity contribution >= 4 is 39.7 Å². The molecule has 9 heteroatoms. The Balaban J connectivity index is 1.60. The zero-order valence-electron chi connectivity index (χ0n) is 17.1. The van der Waals surface area contributed by atoms with Gasteiger partial charge in [0.15, 0.2) is 5.13 Å². The van der Waals surface area contributed by atoms with Crippen molar-refractivity contribution < 1.29 is 14.5 Å². The van der Waals surface area contributed by atoms with Gasteiger partial charge in [0.05, 0.1) is 10.6 Å². The molecule has 2 aromatic carbocycles.